The number of para-hydroxylation sites is 1. The molecule has 2 heterocycles. The van der Waals surface area contributed by atoms with Gasteiger partial charge in [0.05, 0.1) is 10.6 Å². The molecule has 1 atom stereocenters. The van der Waals surface area contributed by atoms with Crippen molar-refractivity contribution in [2.24, 2.45) is 0 Å². The van der Waals surface area contributed by atoms with Gasteiger partial charge in [0.25, 0.3) is 5.91 Å². The Labute approximate surface area is 199 Å². The first kappa shape index (κ1) is 22.5. The number of hydrogen-bond donors (Lipinski definition) is 0. The number of amides is 1. The highest BCUT2D eigenvalue weighted by molar-refractivity contribution is 8.26. The van der Waals surface area contributed by atoms with Crippen molar-refractivity contribution >= 4 is 40.3 Å². The summed E-state index contributed by atoms with van der Waals surface area (Å²) in [5.74, 6) is -0.0230. The van der Waals surface area contributed by atoms with Crippen LogP contribution in [-0.4, -0.2) is 30.9 Å². The van der Waals surface area contributed by atoms with Crippen LogP contribution >= 0.6 is 24.0 Å². The molecule has 1 aliphatic heterocycles. The van der Waals surface area contributed by atoms with Crippen LogP contribution in [0.2, 0.25) is 0 Å². The third-order valence-electron chi connectivity index (χ3n) is 5.82. The van der Waals surface area contributed by atoms with E-state index in [2.05, 4.69) is 39.8 Å². The topological polar surface area (TPSA) is 38.1 Å². The van der Waals surface area contributed by atoms with Gasteiger partial charge in [-0.25, -0.2) is 4.68 Å². The SMILES string of the molecule is CCC(C)N1C(=O)C(=Cc2cn(-c3ccccc3)nc2-c2c(C)cc(C)cc2C)SC1=S. The summed E-state index contributed by atoms with van der Waals surface area (Å²) >= 11 is 6.90. The molecule has 4 rings (SSSR count). The molecule has 1 unspecified atom stereocenters. The average Bonchev–Trinajstić information content (AvgIpc) is 3.28. The lowest BCUT2D eigenvalue weighted by Crippen LogP contribution is -2.36. The molecule has 4 nitrogen and oxygen atoms in total. The minimum Gasteiger partial charge on any atom is -0.290 e. The lowest BCUT2D eigenvalue weighted by Gasteiger charge is -2.21. The monoisotopic (exact) mass is 461 g/mol. The predicted molar refractivity (Wildman–Crippen MR) is 138 cm³/mol. The molecule has 0 radical (unpaired) electrons. The van der Waals surface area contributed by atoms with E-state index in [-0.39, 0.29) is 11.9 Å². The summed E-state index contributed by atoms with van der Waals surface area (Å²) in [6.07, 6.45) is 4.81. The Kier molecular flexibility index (Phi) is 6.35. The van der Waals surface area contributed by atoms with Gasteiger partial charge in [0.2, 0.25) is 0 Å². The molecular weight excluding hydrogens is 434 g/mol. The molecule has 1 amide bonds. The molecule has 6 heteroatoms. The van der Waals surface area contributed by atoms with E-state index in [1.54, 1.807) is 4.90 Å². The fraction of sp³-hybridized carbons (Fsp3) is 0.269. The number of thiocarbonyl (C=S) groups is 1. The lowest BCUT2D eigenvalue weighted by atomic mass is 9.95. The van der Waals surface area contributed by atoms with Gasteiger partial charge in [0, 0.05) is 23.4 Å². The minimum absolute atomic E-state index is 0.0230. The molecule has 164 valence electrons. The van der Waals surface area contributed by atoms with Gasteiger partial charge in [-0.05, 0) is 63.5 Å². The second-order valence-electron chi connectivity index (χ2n) is 8.30. The number of aryl methyl sites for hydroxylation is 3. The molecule has 0 N–H and O–H groups in total. The predicted octanol–water partition coefficient (Wildman–Crippen LogP) is 6.46. The second kappa shape index (κ2) is 9.04. The van der Waals surface area contributed by atoms with E-state index < -0.39 is 0 Å². The van der Waals surface area contributed by atoms with E-state index in [0.29, 0.717) is 9.23 Å². The molecule has 1 aromatic heterocycles. The Morgan fingerprint density at radius 2 is 1.78 bits per heavy atom. The van der Waals surface area contributed by atoms with Crippen molar-refractivity contribution in [3.63, 3.8) is 0 Å². The lowest BCUT2D eigenvalue weighted by molar-refractivity contribution is -0.123. The number of benzene rings is 2. The Bertz CT molecular complexity index is 1200. The van der Waals surface area contributed by atoms with Crippen molar-refractivity contribution in [2.75, 3.05) is 0 Å². The van der Waals surface area contributed by atoms with Gasteiger partial charge in [-0.1, -0.05) is 66.8 Å². The van der Waals surface area contributed by atoms with Crippen LogP contribution in [0.3, 0.4) is 0 Å². The largest absolute Gasteiger partial charge is 0.290 e. The molecule has 1 saturated heterocycles. The van der Waals surface area contributed by atoms with Crippen molar-refractivity contribution in [3.8, 4) is 16.9 Å². The minimum atomic E-state index is -0.0230. The zero-order chi connectivity index (χ0) is 23.0. The highest BCUT2D eigenvalue weighted by Gasteiger charge is 2.35. The van der Waals surface area contributed by atoms with E-state index in [1.807, 2.05) is 54.2 Å². The van der Waals surface area contributed by atoms with E-state index >= 15 is 0 Å². The maximum Gasteiger partial charge on any atom is 0.266 e. The Hall–Kier alpha value is -2.70. The van der Waals surface area contributed by atoms with Gasteiger partial charge in [-0.2, -0.15) is 5.10 Å². The molecule has 1 fully saturated rings. The van der Waals surface area contributed by atoms with Crippen LogP contribution in [0.4, 0.5) is 0 Å². The van der Waals surface area contributed by atoms with Crippen LogP contribution in [0.25, 0.3) is 23.0 Å². The van der Waals surface area contributed by atoms with Crippen LogP contribution < -0.4 is 0 Å². The Balaban J connectivity index is 1.87. The first-order chi connectivity index (χ1) is 15.3. The van der Waals surface area contributed by atoms with Gasteiger partial charge in [0.15, 0.2) is 0 Å². The summed E-state index contributed by atoms with van der Waals surface area (Å²) < 4.78 is 2.50. The molecule has 0 aliphatic carbocycles. The molecular formula is C26H27N3OS2. The summed E-state index contributed by atoms with van der Waals surface area (Å²) in [4.78, 5) is 15.5. The van der Waals surface area contributed by atoms with Crippen molar-refractivity contribution in [1.82, 2.24) is 14.7 Å². The van der Waals surface area contributed by atoms with Crippen LogP contribution in [0.5, 0.6) is 0 Å². The molecule has 1 aliphatic rings. The number of nitrogens with zero attached hydrogens (tertiary/aromatic N) is 3. The first-order valence-corrected chi connectivity index (χ1v) is 12.0. The van der Waals surface area contributed by atoms with E-state index in [1.165, 1.54) is 28.5 Å². The molecule has 32 heavy (non-hydrogen) atoms. The summed E-state index contributed by atoms with van der Waals surface area (Å²) in [6.45, 7) is 10.4. The summed E-state index contributed by atoms with van der Waals surface area (Å²) in [5.41, 5.74) is 7.43. The zero-order valence-corrected chi connectivity index (χ0v) is 20.7. The highest BCUT2D eigenvalue weighted by atomic mass is 32.2. The molecule has 0 spiro atoms. The van der Waals surface area contributed by atoms with Crippen molar-refractivity contribution in [3.05, 3.63) is 75.8 Å². The van der Waals surface area contributed by atoms with Crippen molar-refractivity contribution < 1.29 is 4.79 Å². The third-order valence-corrected chi connectivity index (χ3v) is 7.15. The average molecular weight is 462 g/mol. The summed E-state index contributed by atoms with van der Waals surface area (Å²) in [7, 11) is 0. The number of hydrogen-bond acceptors (Lipinski definition) is 4. The van der Waals surface area contributed by atoms with Crippen LogP contribution in [0.1, 0.15) is 42.5 Å². The molecule has 2 aromatic carbocycles. The van der Waals surface area contributed by atoms with Gasteiger partial charge in [0.1, 0.15) is 10.0 Å². The molecule has 0 bridgehead atoms. The second-order valence-corrected chi connectivity index (χ2v) is 9.97. The standard InChI is InChI=1S/C26H27N3OS2/c1-6-19(5)29-25(30)22(32-26(29)31)14-20-15-28(21-10-8-7-9-11-21)27-24(20)23-17(3)12-16(2)13-18(23)4/h7-15,19H,6H2,1-5H3. The van der Waals surface area contributed by atoms with Crippen LogP contribution in [0, 0.1) is 20.8 Å². The maximum atomic E-state index is 13.1. The fourth-order valence-electron chi connectivity index (χ4n) is 4.14. The third kappa shape index (κ3) is 4.17. The first-order valence-electron chi connectivity index (χ1n) is 10.8. The Morgan fingerprint density at radius 3 is 2.41 bits per heavy atom. The number of aromatic nitrogens is 2. The summed E-state index contributed by atoms with van der Waals surface area (Å²) in [6, 6.07) is 14.5. The van der Waals surface area contributed by atoms with Gasteiger partial charge >= 0.3 is 0 Å². The van der Waals surface area contributed by atoms with Crippen molar-refractivity contribution in [1.29, 1.82) is 0 Å². The van der Waals surface area contributed by atoms with E-state index in [9.17, 15) is 4.79 Å². The molecule has 0 saturated carbocycles. The van der Waals surface area contributed by atoms with Crippen molar-refractivity contribution in [2.45, 2.75) is 47.1 Å². The summed E-state index contributed by atoms with van der Waals surface area (Å²) in [5, 5.41) is 4.96. The number of carbonyl (C=O) groups is 1. The van der Waals surface area contributed by atoms with E-state index in [0.717, 1.165) is 28.9 Å². The molecule has 3 aromatic rings. The number of carbonyl (C=O) groups excluding carboxylic acids is 1. The number of rotatable bonds is 5. The zero-order valence-electron chi connectivity index (χ0n) is 19.0. The van der Waals surface area contributed by atoms with Gasteiger partial charge in [-0.15, -0.1) is 0 Å². The normalized spacial score (nSPS) is 16.3. The van der Waals surface area contributed by atoms with Crippen LogP contribution in [0.15, 0.2) is 53.6 Å². The fourth-order valence-corrected chi connectivity index (χ4v) is 5.59. The van der Waals surface area contributed by atoms with E-state index in [4.69, 9.17) is 17.3 Å². The highest BCUT2D eigenvalue weighted by Crippen LogP contribution is 2.37. The van der Waals surface area contributed by atoms with Crippen LogP contribution in [-0.2, 0) is 4.79 Å². The quantitative estimate of drug-likeness (QED) is 0.323. The van der Waals surface area contributed by atoms with Gasteiger partial charge < -0.3 is 0 Å². The smallest absolute Gasteiger partial charge is 0.266 e. The van der Waals surface area contributed by atoms with Gasteiger partial charge in [-0.3, -0.25) is 9.69 Å². The maximum absolute atomic E-state index is 13.1. The number of thioether (sulfide) groups is 1. The Morgan fingerprint density at radius 1 is 1.12 bits per heavy atom.